The molecule has 1 aliphatic carbocycles. The Morgan fingerprint density at radius 1 is 1.02 bits per heavy atom. The molecule has 0 radical (unpaired) electrons. The summed E-state index contributed by atoms with van der Waals surface area (Å²) in [5.74, 6) is -3.30. The largest absolute Gasteiger partial charge is 0.444 e. The Labute approximate surface area is 275 Å². The van der Waals surface area contributed by atoms with E-state index in [0.29, 0.717) is 44.9 Å². The van der Waals surface area contributed by atoms with Gasteiger partial charge in [-0.1, -0.05) is 49.3 Å². The van der Waals surface area contributed by atoms with Crippen LogP contribution in [0.4, 0.5) is 4.79 Å². The van der Waals surface area contributed by atoms with E-state index in [0.717, 1.165) is 24.0 Å². The van der Waals surface area contributed by atoms with Crippen LogP contribution >= 0.6 is 12.4 Å². The van der Waals surface area contributed by atoms with Gasteiger partial charge in [0.2, 0.25) is 31.9 Å². The van der Waals surface area contributed by atoms with Gasteiger partial charge in [-0.05, 0) is 36.8 Å². The minimum absolute atomic E-state index is 0. The molecule has 17 heteroatoms. The minimum Gasteiger partial charge on any atom is -0.444 e. The number of ether oxygens (including phenoxy) is 1. The van der Waals surface area contributed by atoms with Crippen molar-refractivity contribution < 1.29 is 40.8 Å². The summed E-state index contributed by atoms with van der Waals surface area (Å²) in [7, 11) is -9.15. The van der Waals surface area contributed by atoms with E-state index in [-0.39, 0.29) is 35.5 Å². The third kappa shape index (κ3) is 7.34. The average molecular weight is 702 g/mol. The van der Waals surface area contributed by atoms with Crippen LogP contribution in [0.1, 0.15) is 56.1 Å². The van der Waals surface area contributed by atoms with Crippen molar-refractivity contribution in [3.8, 4) is 0 Å². The van der Waals surface area contributed by atoms with Crippen molar-refractivity contribution in [1.29, 1.82) is 0 Å². The van der Waals surface area contributed by atoms with Gasteiger partial charge in [-0.15, -0.1) is 16.1 Å². The Balaban J connectivity index is 0.00000480. The van der Waals surface area contributed by atoms with Crippen LogP contribution in [-0.4, -0.2) is 96.9 Å². The molecule has 46 heavy (non-hydrogen) atoms. The maximum Gasteiger partial charge on any atom is 0.410 e. The number of nitrogens with two attached hydrogens (primary N) is 1. The minimum atomic E-state index is -4.57. The van der Waals surface area contributed by atoms with E-state index in [9.17, 15) is 36.0 Å². The lowest BCUT2D eigenvalue weighted by atomic mass is 10.1. The predicted molar refractivity (Wildman–Crippen MR) is 169 cm³/mol. The van der Waals surface area contributed by atoms with Gasteiger partial charge in [0.15, 0.2) is 0 Å². The van der Waals surface area contributed by atoms with E-state index in [2.05, 4.69) is 5.32 Å². The van der Waals surface area contributed by atoms with Gasteiger partial charge in [0.05, 0.1) is 25.1 Å². The van der Waals surface area contributed by atoms with Gasteiger partial charge in [0.1, 0.15) is 17.7 Å². The summed E-state index contributed by atoms with van der Waals surface area (Å²) in [6.07, 6.45) is 6.31. The van der Waals surface area contributed by atoms with Gasteiger partial charge < -0.3 is 20.7 Å². The molecule has 3 heterocycles. The number of nitrogens with one attached hydrogen (secondary N) is 1. The Kier molecular flexibility index (Phi) is 10.5. The fourth-order valence-electron chi connectivity index (χ4n) is 6.43. The van der Waals surface area contributed by atoms with Gasteiger partial charge in [-0.3, -0.25) is 19.3 Å². The molecule has 4 aliphatic rings. The van der Waals surface area contributed by atoms with Gasteiger partial charge in [0.25, 0.3) is 5.91 Å². The summed E-state index contributed by atoms with van der Waals surface area (Å²) < 4.78 is 55.5. The van der Waals surface area contributed by atoms with Crippen LogP contribution in [0.15, 0.2) is 36.4 Å². The number of benzene rings is 1. The van der Waals surface area contributed by atoms with Crippen molar-refractivity contribution >= 4 is 56.3 Å². The van der Waals surface area contributed by atoms with Crippen molar-refractivity contribution in [3.63, 3.8) is 0 Å². The number of halogens is 1. The zero-order valence-electron chi connectivity index (χ0n) is 25.7. The second-order valence-electron chi connectivity index (χ2n) is 12.3. The van der Waals surface area contributed by atoms with E-state index < -0.39 is 73.5 Å². The highest BCUT2D eigenvalue weighted by molar-refractivity contribution is 8.04. The molecule has 1 aromatic carbocycles. The fourth-order valence-corrected chi connectivity index (χ4v) is 9.33. The molecule has 0 bridgehead atoms. The number of sulfonamides is 2. The van der Waals surface area contributed by atoms with Crippen LogP contribution in [0.3, 0.4) is 0 Å². The van der Waals surface area contributed by atoms with Gasteiger partial charge in [-0.25, -0.2) is 21.6 Å². The highest BCUT2D eigenvalue weighted by Crippen LogP contribution is 2.47. The highest BCUT2D eigenvalue weighted by Gasteiger charge is 2.64. The number of carbonyl (C=O) groups is 4. The number of fused-ring (bicyclic) bond motifs is 3. The topological polar surface area (TPSA) is 194 Å². The summed E-state index contributed by atoms with van der Waals surface area (Å²) in [5.41, 5.74) is 6.37. The van der Waals surface area contributed by atoms with Crippen LogP contribution in [0.2, 0.25) is 0 Å². The Morgan fingerprint density at radius 2 is 1.65 bits per heavy atom. The van der Waals surface area contributed by atoms with Crippen LogP contribution in [0.25, 0.3) is 0 Å². The Bertz CT molecular complexity index is 1580. The predicted octanol–water partition coefficient (Wildman–Crippen LogP) is 1.00. The average Bonchev–Trinajstić information content (AvgIpc) is 3.27. The van der Waals surface area contributed by atoms with Crippen molar-refractivity contribution in [2.24, 2.45) is 11.7 Å². The molecule has 1 aromatic rings. The molecular formula is C29H40ClN5O9S2. The van der Waals surface area contributed by atoms with Gasteiger partial charge in [0, 0.05) is 25.4 Å². The van der Waals surface area contributed by atoms with Crippen molar-refractivity contribution in [3.05, 3.63) is 47.5 Å². The smallest absolute Gasteiger partial charge is 0.410 e. The van der Waals surface area contributed by atoms with Crippen molar-refractivity contribution in [2.75, 3.05) is 19.1 Å². The van der Waals surface area contributed by atoms with Crippen LogP contribution in [0.5, 0.6) is 0 Å². The summed E-state index contributed by atoms with van der Waals surface area (Å²) in [6.45, 7) is 0.603. The van der Waals surface area contributed by atoms with E-state index in [1.807, 2.05) is 30.3 Å². The maximum absolute atomic E-state index is 13.9. The van der Waals surface area contributed by atoms with Crippen LogP contribution in [-0.2, 0) is 52.3 Å². The lowest BCUT2D eigenvalue weighted by molar-refractivity contribution is -0.141. The van der Waals surface area contributed by atoms with Crippen LogP contribution in [0, 0.1) is 5.92 Å². The lowest BCUT2D eigenvalue weighted by Gasteiger charge is -2.29. The number of nitrogens with zero attached hydrogens (tertiary/aromatic N) is 3. The zero-order chi connectivity index (χ0) is 32.7. The molecule has 3 N–H and O–H groups in total. The second-order valence-corrected chi connectivity index (χ2v) is 16.2. The van der Waals surface area contributed by atoms with Crippen molar-refractivity contribution in [2.45, 2.75) is 81.8 Å². The molecule has 4 amide bonds. The highest BCUT2D eigenvalue weighted by atomic mass is 35.5. The van der Waals surface area contributed by atoms with Gasteiger partial charge in [-0.2, -0.15) is 0 Å². The molecule has 5 rings (SSSR count). The number of hydrogen-bond donors (Lipinski definition) is 2. The molecule has 0 aromatic heterocycles. The number of amides is 4. The lowest BCUT2D eigenvalue weighted by Crippen LogP contribution is -2.58. The fraction of sp³-hybridized carbons (Fsp3) is 0.586. The van der Waals surface area contributed by atoms with E-state index >= 15 is 0 Å². The Morgan fingerprint density at radius 3 is 2.26 bits per heavy atom. The third-order valence-electron chi connectivity index (χ3n) is 8.80. The van der Waals surface area contributed by atoms with E-state index in [1.54, 1.807) is 6.08 Å². The van der Waals surface area contributed by atoms with E-state index in [4.69, 9.17) is 10.5 Å². The first-order chi connectivity index (χ1) is 21.1. The maximum atomic E-state index is 13.9. The normalized spacial score (nSPS) is 29.1. The molecular weight excluding hydrogens is 662 g/mol. The van der Waals surface area contributed by atoms with E-state index in [1.165, 1.54) is 9.80 Å². The summed E-state index contributed by atoms with van der Waals surface area (Å²) in [5, 5.41) is 2.61. The SMILES string of the molecule is CS(=O)(=O)N(C(=O)[C@@]12C[C@H]1/C=C\CCCCC[C@H](N)C(=O)N1C[C@H](OC(=O)N3Cc4ccccc4C3)C[C@H]1C(=O)N2)S(C)(=O)=O.Cl. The second kappa shape index (κ2) is 13.5. The monoisotopic (exact) mass is 701 g/mol. The first-order valence-corrected chi connectivity index (χ1v) is 18.6. The first kappa shape index (κ1) is 35.6. The van der Waals surface area contributed by atoms with Crippen LogP contribution < -0.4 is 11.1 Å². The van der Waals surface area contributed by atoms with Crippen molar-refractivity contribution in [1.82, 2.24) is 18.8 Å². The molecule has 1 saturated carbocycles. The molecule has 3 aliphatic heterocycles. The number of rotatable bonds is 4. The first-order valence-electron chi connectivity index (χ1n) is 14.9. The molecule has 0 spiro atoms. The summed E-state index contributed by atoms with van der Waals surface area (Å²) >= 11 is 0. The zero-order valence-corrected chi connectivity index (χ0v) is 28.1. The number of allylic oxidation sites excluding steroid dienone is 1. The summed E-state index contributed by atoms with van der Waals surface area (Å²) in [4.78, 5) is 57.0. The summed E-state index contributed by atoms with van der Waals surface area (Å²) in [6, 6.07) is 5.48. The quantitative estimate of drug-likeness (QED) is 0.428. The number of hydrogen-bond acceptors (Lipinski definition) is 10. The third-order valence-corrected chi connectivity index (χ3v) is 12.0. The van der Waals surface area contributed by atoms with Gasteiger partial charge >= 0.3 is 6.09 Å². The molecule has 14 nitrogen and oxygen atoms in total. The molecule has 1 saturated heterocycles. The standard InChI is InChI=1S/C29H39N5O9S2.ClH/c1-44(39,40)34(45(2,41)42)27(37)29-15-21(29)12-6-4-3-5-7-13-23(30)26(36)33-18-22(14-24(33)25(35)31-29)43-28(38)32-16-19-10-8-9-11-20(19)17-32;/h6,8-12,21-24H,3-5,7,13-18,30H2,1-2H3,(H,31,35);1H/b12-6-;/t21-,22-,23+,24+,29-;/m1./s1. The molecule has 2 fully saturated rings. The molecule has 254 valence electrons. The number of carbonyl (C=O) groups excluding carboxylic acids is 4. The molecule has 0 unspecified atom stereocenters. The Hall–Kier alpha value is -3.21. The molecule has 5 atom stereocenters.